The molecule has 1 aliphatic heterocycles. The number of alkyl halides is 3. The minimum absolute atomic E-state index is 0.0428. The highest BCUT2D eigenvalue weighted by Crippen LogP contribution is 2.33. The molecule has 9 heteroatoms. The maximum Gasteiger partial charge on any atom is 0.416 e. The van der Waals surface area contributed by atoms with Crippen LogP contribution in [-0.2, 0) is 0 Å². The normalized spacial score (nSPS) is 21.3. The number of carbonyl (C=O) groups excluding carboxylic acids is 1. The highest BCUT2D eigenvalue weighted by molar-refractivity contribution is 9.11. The second kappa shape index (κ2) is 4.34. The van der Waals surface area contributed by atoms with E-state index in [0.717, 1.165) is 6.20 Å². The third-order valence-corrected chi connectivity index (χ3v) is 2.12. The van der Waals surface area contributed by atoms with E-state index >= 15 is 0 Å². The monoisotopic (exact) mass is 301 g/mol. The van der Waals surface area contributed by atoms with E-state index in [1.165, 1.54) is 5.32 Å². The number of carbonyl (C=O) groups is 1. The van der Waals surface area contributed by atoms with Gasteiger partial charge >= 0.3 is 6.18 Å². The Morgan fingerprint density at radius 2 is 2.19 bits per heavy atom. The Labute approximate surface area is 95.9 Å². The molecule has 0 spiro atoms. The highest BCUT2D eigenvalue weighted by Gasteiger charge is 2.42. The van der Waals surface area contributed by atoms with Crippen LogP contribution in [0.2, 0.25) is 0 Å². The van der Waals surface area contributed by atoms with Crippen molar-refractivity contribution in [2.45, 2.75) is 12.3 Å². The molecule has 16 heavy (non-hydrogen) atoms. The second-order valence-electron chi connectivity index (χ2n) is 2.83. The van der Waals surface area contributed by atoms with Gasteiger partial charge in [0.2, 0.25) is 0 Å². The molecule has 1 amide bonds. The van der Waals surface area contributed by atoms with Gasteiger partial charge in [-0.2, -0.15) is 13.2 Å². The van der Waals surface area contributed by atoms with Gasteiger partial charge in [0, 0.05) is 10.7 Å². The molecule has 0 radical (unpaired) electrons. The first-order chi connectivity index (χ1) is 7.21. The van der Waals surface area contributed by atoms with Gasteiger partial charge in [0.25, 0.3) is 0 Å². The van der Waals surface area contributed by atoms with Crippen LogP contribution in [0.1, 0.15) is 0 Å². The van der Waals surface area contributed by atoms with Crippen molar-refractivity contribution in [2.75, 3.05) is 0 Å². The van der Waals surface area contributed by atoms with E-state index in [4.69, 9.17) is 5.21 Å². The number of rotatable bonds is 1. The quantitative estimate of drug-likeness (QED) is 0.747. The van der Waals surface area contributed by atoms with E-state index in [1.54, 1.807) is 0 Å². The van der Waals surface area contributed by atoms with Gasteiger partial charge in [-0.05, 0) is 22.0 Å². The summed E-state index contributed by atoms with van der Waals surface area (Å²) in [4.78, 5) is 10.2. The first-order valence-electron chi connectivity index (χ1n) is 3.82. The summed E-state index contributed by atoms with van der Waals surface area (Å²) in [5, 5.41) is 20.9. The fraction of sp³-hybridized carbons (Fsp3) is 0.286. The zero-order chi connectivity index (χ0) is 12.5. The lowest BCUT2D eigenvalue weighted by Gasteiger charge is -2.32. The van der Waals surface area contributed by atoms with Gasteiger partial charge in [0.05, 0.1) is 5.57 Å². The fourth-order valence-corrected chi connectivity index (χ4v) is 1.56. The average molecular weight is 302 g/mol. The summed E-state index contributed by atoms with van der Waals surface area (Å²) in [6.07, 6.45) is -7.10. The van der Waals surface area contributed by atoms with Crippen molar-refractivity contribution in [3.8, 4) is 0 Å². The number of allylic oxidation sites excluding steroid dienone is 2. The molecule has 90 valence electrons. The minimum atomic E-state index is -4.78. The zero-order valence-corrected chi connectivity index (χ0v) is 9.04. The van der Waals surface area contributed by atoms with E-state index in [9.17, 15) is 23.1 Å². The lowest BCUT2D eigenvalue weighted by molar-refractivity contribution is -0.255. The topological polar surface area (TPSA) is 75.6 Å². The van der Waals surface area contributed by atoms with Gasteiger partial charge < -0.3 is 15.2 Å². The predicted molar refractivity (Wildman–Crippen MR) is 47.1 cm³/mol. The van der Waals surface area contributed by atoms with Crippen molar-refractivity contribution < 1.29 is 28.3 Å². The van der Waals surface area contributed by atoms with E-state index in [0.29, 0.717) is 6.08 Å². The van der Waals surface area contributed by atoms with Gasteiger partial charge in [-0.3, -0.25) is 5.21 Å². The summed E-state index contributed by atoms with van der Waals surface area (Å²) >= 11 is 2.75. The third kappa shape index (κ3) is 2.89. The molecule has 1 rings (SSSR count). The molecule has 0 saturated heterocycles. The standard InChI is InChI=1S/C7H6BrF3N2O3/c8-3-1-4(7(9,10)11)5(12-6(14)15)13(16)2-3/h1-2,5,12,16H,(H,14,15)/p-1. The Bertz CT molecular complexity index is 366. The van der Waals surface area contributed by atoms with Crippen LogP contribution in [0.15, 0.2) is 22.3 Å². The highest BCUT2D eigenvalue weighted by atomic mass is 79.9. The summed E-state index contributed by atoms with van der Waals surface area (Å²) < 4.78 is 37.4. The van der Waals surface area contributed by atoms with Crippen molar-refractivity contribution in [1.29, 1.82) is 0 Å². The smallest absolute Gasteiger partial charge is 0.416 e. The van der Waals surface area contributed by atoms with Gasteiger partial charge in [0.1, 0.15) is 6.09 Å². The number of halogens is 4. The number of nitrogens with zero attached hydrogens (tertiary/aromatic N) is 1. The lowest BCUT2D eigenvalue weighted by atomic mass is 10.1. The Kier molecular flexibility index (Phi) is 3.48. The molecule has 1 atom stereocenters. The van der Waals surface area contributed by atoms with Gasteiger partial charge in [-0.15, -0.1) is 0 Å². The van der Waals surface area contributed by atoms with Crippen molar-refractivity contribution in [3.63, 3.8) is 0 Å². The van der Waals surface area contributed by atoms with Gasteiger partial charge in [-0.1, -0.05) is 0 Å². The van der Waals surface area contributed by atoms with E-state index in [1.807, 2.05) is 0 Å². The number of hydroxylamine groups is 2. The van der Waals surface area contributed by atoms with Crippen LogP contribution in [0.3, 0.4) is 0 Å². The maximum atomic E-state index is 12.5. The summed E-state index contributed by atoms with van der Waals surface area (Å²) in [5.41, 5.74) is -1.26. The van der Waals surface area contributed by atoms with Gasteiger partial charge in [0.15, 0.2) is 6.17 Å². The molecule has 1 unspecified atom stereocenters. The number of hydrogen-bond acceptors (Lipinski definition) is 4. The summed E-state index contributed by atoms with van der Waals surface area (Å²) in [7, 11) is 0. The maximum absolute atomic E-state index is 12.5. The van der Waals surface area contributed by atoms with Crippen LogP contribution < -0.4 is 10.4 Å². The molecule has 0 aromatic heterocycles. The van der Waals surface area contributed by atoms with E-state index in [-0.39, 0.29) is 9.55 Å². The third-order valence-electron chi connectivity index (χ3n) is 1.69. The van der Waals surface area contributed by atoms with Crippen LogP contribution >= 0.6 is 15.9 Å². The summed E-state index contributed by atoms with van der Waals surface area (Å²) in [6, 6.07) is 0. The van der Waals surface area contributed by atoms with Crippen molar-refractivity contribution >= 4 is 22.0 Å². The number of hydrogen-bond donors (Lipinski definition) is 2. The number of carboxylic acid groups (broad SMARTS) is 1. The minimum Gasteiger partial charge on any atom is -0.530 e. The lowest BCUT2D eigenvalue weighted by Crippen LogP contribution is -2.53. The molecule has 1 aliphatic rings. The predicted octanol–water partition coefficient (Wildman–Crippen LogP) is 0.675. The molecule has 0 aromatic carbocycles. The zero-order valence-electron chi connectivity index (χ0n) is 7.45. The Balaban J connectivity index is 3.06. The fourth-order valence-electron chi connectivity index (χ4n) is 1.10. The van der Waals surface area contributed by atoms with Crippen LogP contribution in [0.4, 0.5) is 18.0 Å². The first kappa shape index (κ1) is 12.8. The first-order valence-corrected chi connectivity index (χ1v) is 4.62. The van der Waals surface area contributed by atoms with Crippen molar-refractivity contribution in [3.05, 3.63) is 22.3 Å². The molecular formula is C7H5BrF3N2O3-. The van der Waals surface area contributed by atoms with Crippen molar-refractivity contribution in [1.82, 2.24) is 10.4 Å². The average Bonchev–Trinajstić information content (AvgIpc) is 2.06. The van der Waals surface area contributed by atoms with Crippen LogP contribution in [0, 0.1) is 0 Å². The molecule has 5 nitrogen and oxygen atoms in total. The molecule has 0 aromatic rings. The Hall–Kier alpha value is -1.22. The number of nitrogens with one attached hydrogen (secondary N) is 1. The summed E-state index contributed by atoms with van der Waals surface area (Å²) in [6.45, 7) is 0. The summed E-state index contributed by atoms with van der Waals surface area (Å²) in [5.74, 6) is 0. The van der Waals surface area contributed by atoms with Crippen LogP contribution in [-0.4, -0.2) is 28.7 Å². The van der Waals surface area contributed by atoms with E-state index in [2.05, 4.69) is 15.9 Å². The van der Waals surface area contributed by atoms with Gasteiger partial charge in [-0.25, -0.2) is 5.06 Å². The Morgan fingerprint density at radius 1 is 1.62 bits per heavy atom. The molecule has 1 heterocycles. The largest absolute Gasteiger partial charge is 0.530 e. The number of amides is 1. The molecule has 0 aliphatic carbocycles. The second-order valence-corrected chi connectivity index (χ2v) is 3.74. The molecular weight excluding hydrogens is 297 g/mol. The van der Waals surface area contributed by atoms with Crippen molar-refractivity contribution in [2.24, 2.45) is 0 Å². The van der Waals surface area contributed by atoms with Crippen LogP contribution in [0.5, 0.6) is 0 Å². The van der Waals surface area contributed by atoms with Crippen LogP contribution in [0.25, 0.3) is 0 Å². The SMILES string of the molecule is O=C([O-])NC1C(C(F)(F)F)=CC(Br)=CN1O. The molecule has 2 N–H and O–H groups in total. The molecule has 0 fully saturated rings. The molecule has 0 saturated carbocycles. The molecule has 0 bridgehead atoms. The Morgan fingerprint density at radius 3 is 2.62 bits per heavy atom. The van der Waals surface area contributed by atoms with E-state index < -0.39 is 24.0 Å².